The lowest BCUT2D eigenvalue weighted by molar-refractivity contribution is -0.111. The van der Waals surface area contributed by atoms with Gasteiger partial charge < -0.3 is 19.8 Å². The van der Waals surface area contributed by atoms with Crippen LogP contribution in [0.15, 0.2) is 72.2 Å². The van der Waals surface area contributed by atoms with Crippen molar-refractivity contribution >= 4 is 22.6 Å². The first-order valence-electron chi connectivity index (χ1n) is 11.7. The van der Waals surface area contributed by atoms with Crippen LogP contribution in [-0.4, -0.2) is 51.0 Å². The predicted octanol–water partition coefficient (Wildman–Crippen LogP) is 3.92. The summed E-state index contributed by atoms with van der Waals surface area (Å²) in [5, 5.41) is 3.82. The van der Waals surface area contributed by atoms with Crippen molar-refractivity contribution < 1.29 is 4.79 Å². The largest absolute Gasteiger partial charge is 0.346 e. The SMILES string of the molecule is CN(C)C/C=C/C(=O)Nc1cncc(-c2cnc3[nH]cc(-c4ccc(=O)n(CC5CC5)c4)c3c2)c1. The molecule has 1 aliphatic carbocycles. The topological polar surface area (TPSA) is 95.9 Å². The monoisotopic (exact) mass is 468 g/mol. The van der Waals surface area contributed by atoms with Crippen molar-refractivity contribution in [3.05, 3.63) is 77.8 Å². The molecule has 4 aromatic heterocycles. The highest BCUT2D eigenvalue weighted by molar-refractivity contribution is 6.00. The Bertz CT molecular complexity index is 1460. The van der Waals surface area contributed by atoms with E-state index in [0.717, 1.165) is 39.8 Å². The quantitative estimate of drug-likeness (QED) is 0.382. The fourth-order valence-electron chi connectivity index (χ4n) is 4.03. The maximum Gasteiger partial charge on any atom is 0.250 e. The van der Waals surface area contributed by atoms with Gasteiger partial charge in [0.1, 0.15) is 5.65 Å². The van der Waals surface area contributed by atoms with Crippen molar-refractivity contribution in [2.24, 2.45) is 5.92 Å². The molecule has 0 atom stereocenters. The highest BCUT2D eigenvalue weighted by Gasteiger charge is 2.22. The van der Waals surface area contributed by atoms with Gasteiger partial charge in [-0.1, -0.05) is 6.08 Å². The van der Waals surface area contributed by atoms with E-state index in [1.54, 1.807) is 24.7 Å². The Morgan fingerprint density at radius 1 is 1.17 bits per heavy atom. The average Bonchev–Trinajstić information content (AvgIpc) is 3.56. The number of aromatic amines is 1. The van der Waals surface area contributed by atoms with Crippen LogP contribution in [0.5, 0.6) is 0 Å². The van der Waals surface area contributed by atoms with E-state index < -0.39 is 0 Å². The second-order valence-corrected chi connectivity index (χ2v) is 9.29. The van der Waals surface area contributed by atoms with Gasteiger partial charge in [0, 0.05) is 77.7 Å². The summed E-state index contributed by atoms with van der Waals surface area (Å²) in [6.07, 6.45) is 14.8. The normalized spacial score (nSPS) is 13.7. The number of pyridine rings is 3. The van der Waals surface area contributed by atoms with Gasteiger partial charge in [0.25, 0.3) is 5.56 Å². The third-order valence-corrected chi connectivity index (χ3v) is 6.06. The van der Waals surface area contributed by atoms with Crippen molar-refractivity contribution in [1.29, 1.82) is 0 Å². The third-order valence-electron chi connectivity index (χ3n) is 6.06. The van der Waals surface area contributed by atoms with E-state index in [0.29, 0.717) is 18.2 Å². The number of nitrogens with one attached hydrogen (secondary N) is 2. The molecule has 8 heteroatoms. The van der Waals surface area contributed by atoms with Crippen molar-refractivity contribution in [3.63, 3.8) is 0 Å². The number of hydrogen-bond donors (Lipinski definition) is 2. The van der Waals surface area contributed by atoms with Crippen molar-refractivity contribution in [2.75, 3.05) is 26.0 Å². The van der Waals surface area contributed by atoms with Crippen LogP contribution in [0.1, 0.15) is 12.8 Å². The van der Waals surface area contributed by atoms with E-state index in [2.05, 4.69) is 26.3 Å². The molecule has 5 rings (SSSR count). The Morgan fingerprint density at radius 2 is 2.00 bits per heavy atom. The molecule has 2 N–H and O–H groups in total. The number of H-pyrrole nitrogens is 1. The lowest BCUT2D eigenvalue weighted by Gasteiger charge is -2.08. The second kappa shape index (κ2) is 9.68. The van der Waals surface area contributed by atoms with E-state index >= 15 is 0 Å². The zero-order valence-electron chi connectivity index (χ0n) is 19.9. The number of likely N-dealkylation sites (N-methyl/N-ethyl adjacent to an activating group) is 1. The molecule has 0 spiro atoms. The van der Waals surface area contributed by atoms with Gasteiger partial charge in [-0.2, -0.15) is 0 Å². The summed E-state index contributed by atoms with van der Waals surface area (Å²) in [7, 11) is 3.89. The molecule has 0 bridgehead atoms. The standard InChI is InChI=1S/C27H28N6O2/c1-32(2)9-3-4-25(34)31-22-10-20(12-28-14-22)21-11-23-24(15-30-27(23)29-13-21)19-7-8-26(35)33(17-19)16-18-5-6-18/h3-4,7-8,10-15,17-18H,5-6,9,16H2,1-2H3,(H,29,30)(H,31,34)/b4-3+. The summed E-state index contributed by atoms with van der Waals surface area (Å²) >= 11 is 0. The number of hydrogen-bond acceptors (Lipinski definition) is 5. The first kappa shape index (κ1) is 22.7. The van der Waals surface area contributed by atoms with Crippen LogP contribution in [0, 0.1) is 5.92 Å². The summed E-state index contributed by atoms with van der Waals surface area (Å²) in [5.41, 5.74) is 5.11. The Kier molecular flexibility index (Phi) is 6.29. The number of rotatable bonds is 8. The number of carbonyl (C=O) groups is 1. The van der Waals surface area contributed by atoms with E-state index in [1.165, 1.54) is 18.9 Å². The molecule has 0 radical (unpaired) electrons. The van der Waals surface area contributed by atoms with Crippen LogP contribution < -0.4 is 10.9 Å². The van der Waals surface area contributed by atoms with Gasteiger partial charge >= 0.3 is 0 Å². The Balaban J connectivity index is 1.42. The van der Waals surface area contributed by atoms with E-state index in [4.69, 9.17) is 0 Å². The maximum atomic E-state index is 12.3. The summed E-state index contributed by atoms with van der Waals surface area (Å²) in [6, 6.07) is 7.44. The van der Waals surface area contributed by atoms with Crippen molar-refractivity contribution in [3.8, 4) is 22.3 Å². The summed E-state index contributed by atoms with van der Waals surface area (Å²) in [6.45, 7) is 1.46. The lowest BCUT2D eigenvalue weighted by atomic mass is 10.0. The molecule has 0 saturated heterocycles. The minimum absolute atomic E-state index is 0.0285. The van der Waals surface area contributed by atoms with E-state index in [9.17, 15) is 9.59 Å². The van der Waals surface area contributed by atoms with E-state index in [-0.39, 0.29) is 11.5 Å². The predicted molar refractivity (Wildman–Crippen MR) is 138 cm³/mol. The summed E-state index contributed by atoms with van der Waals surface area (Å²) in [4.78, 5) is 38.6. The molecular formula is C27H28N6O2. The van der Waals surface area contributed by atoms with E-state index in [1.807, 2.05) is 54.2 Å². The summed E-state index contributed by atoms with van der Waals surface area (Å²) < 4.78 is 1.81. The van der Waals surface area contributed by atoms with Crippen LogP contribution in [0.4, 0.5) is 5.69 Å². The minimum Gasteiger partial charge on any atom is -0.346 e. The molecular weight excluding hydrogens is 440 g/mol. The van der Waals surface area contributed by atoms with Crippen LogP contribution in [0.3, 0.4) is 0 Å². The molecule has 1 amide bonds. The number of carbonyl (C=O) groups excluding carboxylic acids is 1. The van der Waals surface area contributed by atoms with Gasteiger partial charge in [-0.3, -0.25) is 14.6 Å². The lowest BCUT2D eigenvalue weighted by Crippen LogP contribution is -2.19. The first-order chi connectivity index (χ1) is 17.0. The fraction of sp³-hybridized carbons (Fsp3) is 0.259. The highest BCUT2D eigenvalue weighted by atomic mass is 16.1. The van der Waals surface area contributed by atoms with Gasteiger partial charge in [0.05, 0.1) is 11.9 Å². The number of fused-ring (bicyclic) bond motifs is 1. The molecule has 0 aliphatic heterocycles. The average molecular weight is 469 g/mol. The smallest absolute Gasteiger partial charge is 0.250 e. The number of amides is 1. The van der Waals surface area contributed by atoms with Gasteiger partial charge in [-0.05, 0) is 51.1 Å². The number of aromatic nitrogens is 4. The fourth-order valence-corrected chi connectivity index (χ4v) is 4.03. The molecule has 4 heterocycles. The first-order valence-corrected chi connectivity index (χ1v) is 11.7. The molecule has 1 aliphatic rings. The van der Waals surface area contributed by atoms with Crippen LogP contribution >= 0.6 is 0 Å². The number of anilines is 1. The zero-order chi connectivity index (χ0) is 24.4. The Labute approximate surface area is 203 Å². The van der Waals surface area contributed by atoms with Crippen molar-refractivity contribution in [2.45, 2.75) is 19.4 Å². The van der Waals surface area contributed by atoms with Crippen LogP contribution in [0.2, 0.25) is 0 Å². The van der Waals surface area contributed by atoms with Crippen molar-refractivity contribution in [1.82, 2.24) is 24.4 Å². The molecule has 4 aromatic rings. The van der Waals surface area contributed by atoms with Gasteiger partial charge in [-0.15, -0.1) is 0 Å². The zero-order valence-corrected chi connectivity index (χ0v) is 19.9. The Hall–Kier alpha value is -4.04. The maximum absolute atomic E-state index is 12.3. The second-order valence-electron chi connectivity index (χ2n) is 9.29. The molecule has 1 fully saturated rings. The molecule has 35 heavy (non-hydrogen) atoms. The van der Waals surface area contributed by atoms with Gasteiger partial charge in [-0.25, -0.2) is 4.98 Å². The molecule has 0 unspecified atom stereocenters. The number of nitrogens with zero attached hydrogens (tertiary/aromatic N) is 4. The molecule has 8 nitrogen and oxygen atoms in total. The van der Waals surface area contributed by atoms with Gasteiger partial charge in [0.15, 0.2) is 0 Å². The molecule has 1 saturated carbocycles. The Morgan fingerprint density at radius 3 is 2.80 bits per heavy atom. The van der Waals surface area contributed by atoms with Gasteiger partial charge in [0.2, 0.25) is 5.91 Å². The molecule has 178 valence electrons. The highest BCUT2D eigenvalue weighted by Crippen LogP contribution is 2.33. The summed E-state index contributed by atoms with van der Waals surface area (Å²) in [5.74, 6) is 0.413. The third kappa shape index (κ3) is 5.38. The molecule has 0 aromatic carbocycles. The van der Waals surface area contributed by atoms with Crippen LogP contribution in [-0.2, 0) is 11.3 Å². The van der Waals surface area contributed by atoms with Crippen LogP contribution in [0.25, 0.3) is 33.3 Å². The minimum atomic E-state index is -0.200.